The molecule has 0 spiro atoms. The Balaban J connectivity index is 0.000000261. The number of ether oxygens (including phenoxy) is 2. The molecule has 0 radical (unpaired) electrons. The van der Waals surface area contributed by atoms with Crippen LogP contribution in [0.4, 0.5) is 17.1 Å². The predicted octanol–water partition coefficient (Wildman–Crippen LogP) is 16.7. The Kier molecular flexibility index (Phi) is 19.9. The Labute approximate surface area is 359 Å². The normalized spacial score (nSPS) is 12.3. The summed E-state index contributed by atoms with van der Waals surface area (Å²) in [5, 5.41) is 0. The molecule has 3 heteroatoms. The number of aryl methyl sites for hydroxylation is 4. The topological polar surface area (TPSA) is 21.7 Å². The van der Waals surface area contributed by atoms with Crippen molar-refractivity contribution in [1.29, 1.82) is 0 Å². The maximum absolute atomic E-state index is 6.12. The molecule has 5 aromatic carbocycles. The lowest BCUT2D eigenvalue weighted by Gasteiger charge is -2.25. The minimum atomic E-state index is 0.732. The third kappa shape index (κ3) is 16.8. The van der Waals surface area contributed by atoms with Gasteiger partial charge in [0.15, 0.2) is 0 Å². The Morgan fingerprint density at radius 2 is 0.915 bits per heavy atom. The third-order valence-corrected chi connectivity index (χ3v) is 11.2. The summed E-state index contributed by atoms with van der Waals surface area (Å²) in [6, 6.07) is 40.6. The SMILES string of the molecule is Cc1cc(OCCC(C)CCCC(C)C)c(C)cc1OCCC(C)CCCC(C)C.Cc1ccc(C)c(/C=C/c2ccc(N(c3ccccc3)c3ccccc3)cc2)c1. The molecule has 0 aliphatic rings. The maximum Gasteiger partial charge on any atom is 0.122 e. The van der Waals surface area contributed by atoms with Crippen molar-refractivity contribution in [2.75, 3.05) is 18.1 Å². The summed E-state index contributed by atoms with van der Waals surface area (Å²) in [6.45, 7) is 24.1. The summed E-state index contributed by atoms with van der Waals surface area (Å²) < 4.78 is 12.2. The molecular weight excluding hydrogens is 719 g/mol. The first-order valence-electron chi connectivity index (χ1n) is 22.5. The van der Waals surface area contributed by atoms with Gasteiger partial charge < -0.3 is 14.4 Å². The molecule has 0 aromatic heterocycles. The van der Waals surface area contributed by atoms with E-state index in [2.05, 4.69) is 189 Å². The van der Waals surface area contributed by atoms with Gasteiger partial charge in [-0.3, -0.25) is 0 Å². The monoisotopic (exact) mass is 794 g/mol. The lowest BCUT2D eigenvalue weighted by molar-refractivity contribution is 0.267. The summed E-state index contributed by atoms with van der Waals surface area (Å²) >= 11 is 0. The molecule has 0 saturated carbocycles. The smallest absolute Gasteiger partial charge is 0.122 e. The zero-order valence-corrected chi connectivity index (χ0v) is 38.3. The van der Waals surface area contributed by atoms with E-state index in [4.69, 9.17) is 9.47 Å². The van der Waals surface area contributed by atoms with Gasteiger partial charge in [-0.2, -0.15) is 0 Å². The molecule has 0 bridgehead atoms. The molecule has 0 saturated heterocycles. The van der Waals surface area contributed by atoms with Crippen molar-refractivity contribution in [3.8, 4) is 11.5 Å². The number of rotatable bonds is 21. The number of para-hydroxylation sites is 2. The lowest BCUT2D eigenvalue weighted by atomic mass is 9.97. The van der Waals surface area contributed by atoms with Gasteiger partial charge in [-0.25, -0.2) is 0 Å². The van der Waals surface area contributed by atoms with Crippen molar-refractivity contribution >= 4 is 29.2 Å². The van der Waals surface area contributed by atoms with E-state index in [0.29, 0.717) is 0 Å². The Hall–Kier alpha value is -4.76. The van der Waals surface area contributed by atoms with Crippen molar-refractivity contribution in [3.63, 3.8) is 0 Å². The van der Waals surface area contributed by atoms with Gasteiger partial charge in [0.25, 0.3) is 0 Å². The first-order valence-corrected chi connectivity index (χ1v) is 22.5. The third-order valence-electron chi connectivity index (χ3n) is 11.2. The molecule has 316 valence electrons. The molecule has 59 heavy (non-hydrogen) atoms. The van der Waals surface area contributed by atoms with Crippen LogP contribution in [0.3, 0.4) is 0 Å². The van der Waals surface area contributed by atoms with Crippen molar-refractivity contribution in [2.24, 2.45) is 23.7 Å². The van der Waals surface area contributed by atoms with Crippen LogP contribution in [0, 0.1) is 51.4 Å². The van der Waals surface area contributed by atoms with Gasteiger partial charge >= 0.3 is 0 Å². The van der Waals surface area contributed by atoms with E-state index in [-0.39, 0.29) is 0 Å². The van der Waals surface area contributed by atoms with E-state index in [1.54, 1.807) is 0 Å². The van der Waals surface area contributed by atoms with E-state index in [9.17, 15) is 0 Å². The van der Waals surface area contributed by atoms with Crippen molar-refractivity contribution in [3.05, 3.63) is 149 Å². The molecule has 5 rings (SSSR count). The van der Waals surface area contributed by atoms with Crippen molar-refractivity contribution in [2.45, 2.75) is 121 Å². The fraction of sp³-hybridized carbons (Fsp3) is 0.429. The minimum absolute atomic E-state index is 0.732. The zero-order valence-electron chi connectivity index (χ0n) is 38.3. The Bertz CT molecular complexity index is 1850. The van der Waals surface area contributed by atoms with E-state index in [1.165, 1.54) is 71.9 Å². The maximum atomic E-state index is 6.12. The molecule has 5 aromatic rings. The highest BCUT2D eigenvalue weighted by atomic mass is 16.5. The van der Waals surface area contributed by atoms with Crippen LogP contribution in [-0.2, 0) is 0 Å². The summed E-state index contributed by atoms with van der Waals surface area (Å²) in [5.41, 5.74) is 10.8. The van der Waals surface area contributed by atoms with Crippen LogP contribution in [0.1, 0.15) is 126 Å². The van der Waals surface area contributed by atoms with Gasteiger partial charge in [0.2, 0.25) is 0 Å². The van der Waals surface area contributed by atoms with Crippen LogP contribution in [0.15, 0.2) is 115 Å². The average Bonchev–Trinajstić information content (AvgIpc) is 3.21. The second kappa shape index (κ2) is 25.0. The first-order chi connectivity index (χ1) is 28.4. The number of hydrogen-bond acceptors (Lipinski definition) is 3. The lowest BCUT2D eigenvalue weighted by Crippen LogP contribution is -2.09. The number of hydrogen-bond donors (Lipinski definition) is 0. The van der Waals surface area contributed by atoms with Crippen LogP contribution in [0.25, 0.3) is 12.2 Å². The van der Waals surface area contributed by atoms with Gasteiger partial charge in [-0.1, -0.05) is 165 Å². The van der Waals surface area contributed by atoms with Gasteiger partial charge in [0, 0.05) is 17.1 Å². The highest BCUT2D eigenvalue weighted by molar-refractivity contribution is 5.78. The standard InChI is InChI=1S/C28H25N.C28H50O2/c1-22-13-14-23(2)25(21-22)18-15-24-16-19-28(20-17-24)29(26-9-5-3-6-10-26)27-11-7-4-8-12-27;1-21(2)11-9-13-23(5)15-17-29-27-19-26(8)28(20-25(27)7)30-18-16-24(6)14-10-12-22(3)4/h3-21H,1-2H3;19-24H,9-18H2,1-8H3/b18-15+;. The first kappa shape index (κ1) is 46.9. The highest BCUT2D eigenvalue weighted by Crippen LogP contribution is 2.34. The summed E-state index contributed by atoms with van der Waals surface area (Å²) in [5.74, 6) is 5.11. The molecule has 0 aliphatic heterocycles. The molecule has 0 fully saturated rings. The highest BCUT2D eigenvalue weighted by Gasteiger charge is 2.12. The van der Waals surface area contributed by atoms with Crippen molar-refractivity contribution < 1.29 is 9.47 Å². The van der Waals surface area contributed by atoms with E-state index in [1.807, 2.05) is 12.1 Å². The summed E-state index contributed by atoms with van der Waals surface area (Å²) in [6.07, 6.45) is 14.6. The summed E-state index contributed by atoms with van der Waals surface area (Å²) in [7, 11) is 0. The number of anilines is 3. The van der Waals surface area contributed by atoms with Crippen LogP contribution < -0.4 is 14.4 Å². The largest absolute Gasteiger partial charge is 0.493 e. The minimum Gasteiger partial charge on any atom is -0.493 e. The van der Waals surface area contributed by atoms with Gasteiger partial charge in [-0.15, -0.1) is 0 Å². The number of nitrogens with zero attached hydrogens (tertiary/aromatic N) is 1. The summed E-state index contributed by atoms with van der Waals surface area (Å²) in [4.78, 5) is 2.28. The van der Waals surface area contributed by atoms with Crippen LogP contribution in [0.2, 0.25) is 0 Å². The fourth-order valence-electron chi connectivity index (χ4n) is 7.31. The van der Waals surface area contributed by atoms with Crippen molar-refractivity contribution in [1.82, 2.24) is 0 Å². The van der Waals surface area contributed by atoms with Gasteiger partial charge in [0.05, 0.1) is 13.2 Å². The average molecular weight is 794 g/mol. The zero-order chi connectivity index (χ0) is 42.6. The second-order valence-corrected chi connectivity index (χ2v) is 17.8. The second-order valence-electron chi connectivity index (χ2n) is 17.8. The molecule has 0 N–H and O–H groups in total. The number of benzene rings is 5. The molecule has 2 atom stereocenters. The van der Waals surface area contributed by atoms with Crippen LogP contribution in [-0.4, -0.2) is 13.2 Å². The van der Waals surface area contributed by atoms with E-state index in [0.717, 1.165) is 78.3 Å². The molecule has 3 nitrogen and oxygen atoms in total. The predicted molar refractivity (Wildman–Crippen MR) is 258 cm³/mol. The Morgan fingerprint density at radius 3 is 1.37 bits per heavy atom. The molecule has 2 unspecified atom stereocenters. The molecule has 0 aliphatic carbocycles. The van der Waals surface area contributed by atoms with Gasteiger partial charge in [0.1, 0.15) is 11.5 Å². The molecular formula is C56H75NO2. The quantitative estimate of drug-likeness (QED) is 0.0691. The molecule has 0 heterocycles. The van der Waals surface area contributed by atoms with E-state index < -0.39 is 0 Å². The van der Waals surface area contributed by atoms with Crippen LogP contribution in [0.5, 0.6) is 11.5 Å². The Morgan fingerprint density at radius 1 is 0.458 bits per heavy atom. The fourth-order valence-corrected chi connectivity index (χ4v) is 7.31. The van der Waals surface area contributed by atoms with Gasteiger partial charge in [-0.05, 0) is 141 Å². The molecule has 0 amide bonds. The van der Waals surface area contributed by atoms with E-state index >= 15 is 0 Å². The van der Waals surface area contributed by atoms with Crippen LogP contribution >= 0.6 is 0 Å².